The average Bonchev–Trinajstić information content (AvgIpc) is 2.72. The van der Waals surface area contributed by atoms with Crippen molar-refractivity contribution in [3.8, 4) is 0 Å². The molecule has 98 valence electrons. The molecule has 2 heteroatoms. The first-order chi connectivity index (χ1) is 8.59. The van der Waals surface area contributed by atoms with Gasteiger partial charge in [0.1, 0.15) is 0 Å². The molecule has 0 spiro atoms. The summed E-state index contributed by atoms with van der Waals surface area (Å²) in [6.45, 7) is 10.4. The minimum Gasteiger partial charge on any atom is -0.361 e. The van der Waals surface area contributed by atoms with E-state index in [1.54, 1.807) is 4.90 Å². The van der Waals surface area contributed by atoms with E-state index in [1.807, 2.05) is 0 Å². The van der Waals surface area contributed by atoms with E-state index in [1.165, 1.54) is 23.0 Å². The average molecular weight is 245 g/mol. The maximum Gasteiger partial charge on any atom is 0.0819 e. The maximum absolute atomic E-state index is 3.36. The van der Waals surface area contributed by atoms with E-state index in [4.69, 9.17) is 0 Å². The molecular formula is C16H25N2+. The lowest BCUT2D eigenvalue weighted by atomic mass is 10.1. The Labute approximate surface area is 110 Å². The first kappa shape index (κ1) is 13.2. The Kier molecular flexibility index (Phi) is 4.07. The van der Waals surface area contributed by atoms with Crippen LogP contribution in [0, 0.1) is 0 Å². The fraction of sp³-hybridized carbons (Fsp3) is 0.500. The lowest BCUT2D eigenvalue weighted by molar-refractivity contribution is -0.942. The smallest absolute Gasteiger partial charge is 0.0819 e. The Morgan fingerprint density at radius 3 is 2.39 bits per heavy atom. The monoisotopic (exact) mass is 245 g/mol. The van der Waals surface area contributed by atoms with Crippen LogP contribution in [0.25, 0.3) is 10.9 Å². The summed E-state index contributed by atoms with van der Waals surface area (Å²) in [6, 6.07) is 9.95. The molecule has 1 aromatic carbocycles. The van der Waals surface area contributed by atoms with Crippen LogP contribution in [0.2, 0.25) is 0 Å². The maximum atomic E-state index is 3.36. The summed E-state index contributed by atoms with van der Waals surface area (Å²) >= 11 is 0. The second-order valence-electron chi connectivity index (χ2n) is 5.74. The summed E-state index contributed by atoms with van der Waals surface area (Å²) in [5, 5.41) is 1.38. The highest BCUT2D eigenvalue weighted by molar-refractivity contribution is 5.82. The van der Waals surface area contributed by atoms with Crippen LogP contribution < -0.4 is 4.90 Å². The second-order valence-corrected chi connectivity index (χ2v) is 5.74. The molecule has 2 N–H and O–H groups in total. The normalized spacial score (nSPS) is 12.2. The van der Waals surface area contributed by atoms with Crippen molar-refractivity contribution >= 4 is 10.9 Å². The van der Waals surface area contributed by atoms with Crippen LogP contribution in [0.15, 0.2) is 30.5 Å². The van der Waals surface area contributed by atoms with Gasteiger partial charge in [-0.15, -0.1) is 0 Å². The summed E-state index contributed by atoms with van der Waals surface area (Å²) in [7, 11) is 0. The molecule has 18 heavy (non-hydrogen) atoms. The topological polar surface area (TPSA) is 20.2 Å². The van der Waals surface area contributed by atoms with E-state index in [9.17, 15) is 0 Å². The summed E-state index contributed by atoms with van der Waals surface area (Å²) < 4.78 is 0. The Morgan fingerprint density at radius 2 is 1.72 bits per heavy atom. The number of H-pyrrole nitrogens is 1. The molecule has 0 saturated heterocycles. The Hall–Kier alpha value is -1.28. The molecule has 2 rings (SSSR count). The van der Waals surface area contributed by atoms with Gasteiger partial charge in [-0.05, 0) is 39.3 Å². The van der Waals surface area contributed by atoms with Crippen LogP contribution >= 0.6 is 0 Å². The molecule has 0 fully saturated rings. The number of aromatic nitrogens is 1. The third-order valence-electron chi connectivity index (χ3n) is 3.84. The van der Waals surface area contributed by atoms with Crippen LogP contribution in [-0.4, -0.2) is 23.6 Å². The van der Waals surface area contributed by atoms with Crippen LogP contribution in [0.3, 0.4) is 0 Å². The van der Waals surface area contributed by atoms with Crippen LogP contribution in [-0.2, 0) is 6.42 Å². The largest absolute Gasteiger partial charge is 0.361 e. The molecule has 0 bridgehead atoms. The fourth-order valence-electron chi connectivity index (χ4n) is 2.86. The van der Waals surface area contributed by atoms with Gasteiger partial charge in [-0.1, -0.05) is 18.2 Å². The Balaban J connectivity index is 2.10. The van der Waals surface area contributed by atoms with Gasteiger partial charge in [0.2, 0.25) is 0 Å². The second kappa shape index (κ2) is 5.57. The van der Waals surface area contributed by atoms with Gasteiger partial charge in [-0.25, -0.2) is 0 Å². The van der Waals surface area contributed by atoms with Crippen LogP contribution in [0.4, 0.5) is 0 Å². The van der Waals surface area contributed by atoms with E-state index in [0.29, 0.717) is 12.1 Å². The molecule has 1 aromatic heterocycles. The summed E-state index contributed by atoms with van der Waals surface area (Å²) in [5.41, 5.74) is 2.70. The van der Waals surface area contributed by atoms with Crippen LogP contribution in [0.1, 0.15) is 33.3 Å². The van der Waals surface area contributed by atoms with E-state index in [2.05, 4.69) is 63.1 Å². The summed E-state index contributed by atoms with van der Waals surface area (Å²) in [6.07, 6.45) is 3.32. The number of hydrogen-bond donors (Lipinski definition) is 2. The van der Waals surface area contributed by atoms with E-state index in [-0.39, 0.29) is 0 Å². The SMILES string of the molecule is CC(C)[NH+](CCc1c[nH]c2ccccc12)C(C)C. The number of para-hydroxylation sites is 1. The van der Waals surface area contributed by atoms with E-state index >= 15 is 0 Å². The number of hydrogen-bond acceptors (Lipinski definition) is 0. The van der Waals surface area contributed by atoms with Gasteiger partial charge in [0.05, 0.1) is 18.6 Å². The predicted molar refractivity (Wildman–Crippen MR) is 78.1 cm³/mol. The lowest BCUT2D eigenvalue weighted by Gasteiger charge is -2.27. The zero-order chi connectivity index (χ0) is 13.1. The molecule has 0 radical (unpaired) electrons. The van der Waals surface area contributed by atoms with Crippen molar-refractivity contribution < 1.29 is 4.90 Å². The number of fused-ring (bicyclic) bond motifs is 1. The van der Waals surface area contributed by atoms with Gasteiger partial charge in [0.15, 0.2) is 0 Å². The predicted octanol–water partition coefficient (Wildman–Crippen LogP) is 2.41. The summed E-state index contributed by atoms with van der Waals surface area (Å²) in [5.74, 6) is 0. The van der Waals surface area contributed by atoms with Crippen molar-refractivity contribution in [3.05, 3.63) is 36.0 Å². The molecule has 0 aliphatic carbocycles. The molecular weight excluding hydrogens is 220 g/mol. The molecule has 0 unspecified atom stereocenters. The van der Waals surface area contributed by atoms with Crippen molar-refractivity contribution in [2.75, 3.05) is 6.54 Å². The van der Waals surface area contributed by atoms with Crippen LogP contribution in [0.5, 0.6) is 0 Å². The van der Waals surface area contributed by atoms with Gasteiger partial charge < -0.3 is 9.88 Å². The van der Waals surface area contributed by atoms with E-state index < -0.39 is 0 Å². The Bertz CT molecular complexity index is 489. The van der Waals surface area contributed by atoms with Gasteiger partial charge >= 0.3 is 0 Å². The highest BCUT2D eigenvalue weighted by Gasteiger charge is 2.17. The number of aromatic amines is 1. The van der Waals surface area contributed by atoms with Crippen molar-refractivity contribution in [2.45, 2.75) is 46.2 Å². The first-order valence-electron chi connectivity index (χ1n) is 7.00. The number of quaternary nitrogens is 1. The molecule has 2 nitrogen and oxygen atoms in total. The third-order valence-corrected chi connectivity index (χ3v) is 3.84. The fourth-order valence-corrected chi connectivity index (χ4v) is 2.86. The zero-order valence-electron chi connectivity index (χ0n) is 12.0. The minimum absolute atomic E-state index is 0.690. The third kappa shape index (κ3) is 2.75. The first-order valence-corrected chi connectivity index (χ1v) is 7.00. The molecule has 2 aromatic rings. The standard InChI is InChI=1S/C16H24N2/c1-12(2)18(13(3)4)10-9-14-11-17-16-8-6-5-7-15(14)16/h5-8,11-13,17H,9-10H2,1-4H3/p+1. The quantitative estimate of drug-likeness (QED) is 0.807. The van der Waals surface area contributed by atoms with Crippen molar-refractivity contribution in [3.63, 3.8) is 0 Å². The highest BCUT2D eigenvalue weighted by Crippen LogP contribution is 2.17. The van der Waals surface area contributed by atoms with Crippen molar-refractivity contribution in [2.24, 2.45) is 0 Å². The number of nitrogens with one attached hydrogen (secondary N) is 2. The van der Waals surface area contributed by atoms with Crippen molar-refractivity contribution in [1.82, 2.24) is 4.98 Å². The lowest BCUT2D eigenvalue weighted by Crippen LogP contribution is -3.18. The molecule has 0 aliphatic heterocycles. The van der Waals surface area contributed by atoms with Gasteiger partial charge in [0, 0.05) is 23.5 Å². The highest BCUT2D eigenvalue weighted by atomic mass is 15.2. The molecule has 0 aliphatic rings. The minimum atomic E-state index is 0.690. The number of rotatable bonds is 5. The number of benzene rings is 1. The van der Waals surface area contributed by atoms with Crippen molar-refractivity contribution in [1.29, 1.82) is 0 Å². The van der Waals surface area contributed by atoms with Gasteiger partial charge in [-0.2, -0.15) is 0 Å². The molecule has 1 heterocycles. The van der Waals surface area contributed by atoms with Gasteiger partial charge in [0.25, 0.3) is 0 Å². The molecule has 0 saturated carbocycles. The van der Waals surface area contributed by atoms with Gasteiger partial charge in [-0.3, -0.25) is 0 Å². The molecule has 0 amide bonds. The molecule has 0 atom stereocenters. The van der Waals surface area contributed by atoms with E-state index in [0.717, 1.165) is 6.42 Å². The Morgan fingerprint density at radius 1 is 1.06 bits per heavy atom. The summed E-state index contributed by atoms with van der Waals surface area (Å²) in [4.78, 5) is 5.04. The zero-order valence-corrected chi connectivity index (χ0v) is 12.0.